The summed E-state index contributed by atoms with van der Waals surface area (Å²) in [6, 6.07) is 2.10. The van der Waals surface area contributed by atoms with Gasteiger partial charge in [0.2, 0.25) is 0 Å². The molecule has 0 spiro atoms. The van der Waals surface area contributed by atoms with E-state index in [1.807, 2.05) is 6.07 Å². The molecule has 0 aliphatic carbocycles. The Balaban J connectivity index is 1.97. The number of hydrogen-bond donors (Lipinski definition) is 0. The van der Waals surface area contributed by atoms with Crippen LogP contribution in [0.5, 0.6) is 0 Å². The molecule has 0 N–H and O–H groups in total. The smallest absolute Gasteiger partial charge is 0.142 e. The van der Waals surface area contributed by atoms with Gasteiger partial charge in [-0.25, -0.2) is 9.97 Å². The Labute approximate surface area is 94.2 Å². The van der Waals surface area contributed by atoms with Gasteiger partial charge in [0.15, 0.2) is 0 Å². The Morgan fingerprint density at radius 3 is 3.00 bits per heavy atom. The minimum atomic E-state index is 0.282. The minimum absolute atomic E-state index is 0.282. The fourth-order valence-electron chi connectivity index (χ4n) is 1.63. The van der Waals surface area contributed by atoms with E-state index < -0.39 is 0 Å². The molecule has 4 nitrogen and oxygen atoms in total. The quantitative estimate of drug-likeness (QED) is 0.720. The van der Waals surface area contributed by atoms with Crippen LogP contribution in [-0.4, -0.2) is 46.5 Å². The number of morpholine rings is 1. The molecule has 1 atom stereocenters. The summed E-state index contributed by atoms with van der Waals surface area (Å²) in [7, 11) is 0. The molecule has 0 saturated carbocycles. The fourth-order valence-corrected chi connectivity index (χ4v) is 1.92. The Morgan fingerprint density at radius 2 is 2.27 bits per heavy atom. The van der Waals surface area contributed by atoms with Crippen molar-refractivity contribution in [3.63, 3.8) is 0 Å². The Kier molecular flexibility index (Phi) is 3.88. The van der Waals surface area contributed by atoms with Gasteiger partial charge in [0.05, 0.1) is 19.8 Å². The van der Waals surface area contributed by atoms with Crippen LogP contribution in [0.4, 0.5) is 0 Å². The summed E-state index contributed by atoms with van der Waals surface area (Å²) in [6.45, 7) is 3.12. The van der Waals surface area contributed by atoms with E-state index in [0.29, 0.717) is 12.5 Å². The van der Waals surface area contributed by atoms with Crippen LogP contribution in [0.1, 0.15) is 5.82 Å². The zero-order valence-electron chi connectivity index (χ0n) is 8.47. The van der Waals surface area contributed by atoms with Crippen molar-refractivity contribution < 1.29 is 4.74 Å². The SMILES string of the molecule is ClCC1COCCN1Cc1ncccn1. The van der Waals surface area contributed by atoms with Crippen molar-refractivity contribution in [1.82, 2.24) is 14.9 Å². The van der Waals surface area contributed by atoms with Gasteiger partial charge in [-0.3, -0.25) is 4.90 Å². The maximum Gasteiger partial charge on any atom is 0.142 e. The van der Waals surface area contributed by atoms with E-state index in [1.54, 1.807) is 12.4 Å². The van der Waals surface area contributed by atoms with Crippen LogP contribution in [0.25, 0.3) is 0 Å². The maximum absolute atomic E-state index is 5.88. The van der Waals surface area contributed by atoms with Crippen LogP contribution >= 0.6 is 11.6 Å². The van der Waals surface area contributed by atoms with Gasteiger partial charge in [0.1, 0.15) is 5.82 Å². The Hall–Kier alpha value is -0.710. The highest BCUT2D eigenvalue weighted by Crippen LogP contribution is 2.10. The highest BCUT2D eigenvalue weighted by Gasteiger charge is 2.22. The van der Waals surface area contributed by atoms with E-state index in [9.17, 15) is 0 Å². The fraction of sp³-hybridized carbons (Fsp3) is 0.600. The van der Waals surface area contributed by atoms with E-state index in [0.717, 1.165) is 25.5 Å². The normalized spacial score (nSPS) is 22.9. The van der Waals surface area contributed by atoms with Crippen LogP contribution in [0.2, 0.25) is 0 Å². The molecule has 0 amide bonds. The average molecular weight is 228 g/mol. The van der Waals surface area contributed by atoms with E-state index in [2.05, 4.69) is 14.9 Å². The first-order valence-corrected chi connectivity index (χ1v) is 5.57. The van der Waals surface area contributed by atoms with Crippen molar-refractivity contribution in [2.24, 2.45) is 0 Å². The lowest BCUT2D eigenvalue weighted by Gasteiger charge is -2.33. The number of hydrogen-bond acceptors (Lipinski definition) is 4. The van der Waals surface area contributed by atoms with Crippen LogP contribution in [0.3, 0.4) is 0 Å². The molecule has 2 heterocycles. The van der Waals surface area contributed by atoms with Crippen LogP contribution in [0, 0.1) is 0 Å². The molecule has 15 heavy (non-hydrogen) atoms. The van der Waals surface area contributed by atoms with Gasteiger partial charge >= 0.3 is 0 Å². The Bertz CT molecular complexity index is 296. The van der Waals surface area contributed by atoms with E-state index >= 15 is 0 Å². The van der Waals surface area contributed by atoms with Crippen molar-refractivity contribution in [2.75, 3.05) is 25.6 Å². The second-order valence-electron chi connectivity index (χ2n) is 3.52. The van der Waals surface area contributed by atoms with Crippen LogP contribution < -0.4 is 0 Å². The second kappa shape index (κ2) is 5.39. The third-order valence-electron chi connectivity index (χ3n) is 2.49. The molecule has 1 aromatic heterocycles. The molecule has 1 aliphatic rings. The average Bonchev–Trinajstić information content (AvgIpc) is 2.31. The Morgan fingerprint density at radius 1 is 1.47 bits per heavy atom. The monoisotopic (exact) mass is 227 g/mol. The molecule has 1 aromatic rings. The van der Waals surface area contributed by atoms with Gasteiger partial charge in [0, 0.05) is 30.9 Å². The molecule has 82 valence electrons. The van der Waals surface area contributed by atoms with Crippen molar-refractivity contribution in [3.05, 3.63) is 24.3 Å². The lowest BCUT2D eigenvalue weighted by molar-refractivity contribution is -0.00417. The van der Waals surface area contributed by atoms with Gasteiger partial charge in [-0.2, -0.15) is 0 Å². The van der Waals surface area contributed by atoms with Crippen molar-refractivity contribution in [2.45, 2.75) is 12.6 Å². The van der Waals surface area contributed by atoms with Crippen molar-refractivity contribution in [3.8, 4) is 0 Å². The second-order valence-corrected chi connectivity index (χ2v) is 3.83. The predicted octanol–water partition coefficient (Wildman–Crippen LogP) is 0.916. The van der Waals surface area contributed by atoms with E-state index in [-0.39, 0.29) is 6.04 Å². The molecule has 1 unspecified atom stereocenters. The summed E-state index contributed by atoms with van der Waals surface area (Å²) in [5.74, 6) is 1.43. The lowest BCUT2D eigenvalue weighted by Crippen LogP contribution is -2.46. The molecule has 5 heteroatoms. The molecule has 1 fully saturated rings. The number of ether oxygens (including phenoxy) is 1. The summed E-state index contributed by atoms with van der Waals surface area (Å²) in [5, 5.41) is 0. The zero-order valence-corrected chi connectivity index (χ0v) is 9.23. The molecular weight excluding hydrogens is 214 g/mol. The third kappa shape index (κ3) is 2.87. The molecule has 0 bridgehead atoms. The van der Waals surface area contributed by atoms with Gasteiger partial charge in [0.25, 0.3) is 0 Å². The standard InChI is InChI=1S/C10H14ClN3O/c11-6-9-8-15-5-4-14(9)7-10-12-2-1-3-13-10/h1-3,9H,4-8H2. The first-order valence-electron chi connectivity index (χ1n) is 5.04. The highest BCUT2D eigenvalue weighted by atomic mass is 35.5. The van der Waals surface area contributed by atoms with Gasteiger partial charge in [-0.1, -0.05) is 0 Å². The van der Waals surface area contributed by atoms with Gasteiger partial charge in [-0.15, -0.1) is 11.6 Å². The summed E-state index contributed by atoms with van der Waals surface area (Å²) in [5.41, 5.74) is 0. The zero-order chi connectivity index (χ0) is 10.5. The number of rotatable bonds is 3. The highest BCUT2D eigenvalue weighted by molar-refractivity contribution is 6.18. The van der Waals surface area contributed by atoms with Crippen LogP contribution in [0.15, 0.2) is 18.5 Å². The number of halogens is 1. The molecule has 2 rings (SSSR count). The largest absolute Gasteiger partial charge is 0.378 e. The summed E-state index contributed by atoms with van der Waals surface area (Å²) in [6.07, 6.45) is 3.52. The number of aromatic nitrogens is 2. The first kappa shape index (κ1) is 10.8. The number of alkyl halides is 1. The molecular formula is C10H14ClN3O. The maximum atomic E-state index is 5.88. The van der Waals surface area contributed by atoms with Gasteiger partial charge in [-0.05, 0) is 6.07 Å². The summed E-state index contributed by atoms with van der Waals surface area (Å²) < 4.78 is 5.37. The predicted molar refractivity (Wildman–Crippen MR) is 57.8 cm³/mol. The molecule has 1 aliphatic heterocycles. The molecule has 0 aromatic carbocycles. The van der Waals surface area contributed by atoms with E-state index in [4.69, 9.17) is 16.3 Å². The topological polar surface area (TPSA) is 38.2 Å². The van der Waals surface area contributed by atoms with E-state index in [1.165, 1.54) is 0 Å². The summed E-state index contributed by atoms with van der Waals surface area (Å²) >= 11 is 5.88. The van der Waals surface area contributed by atoms with Crippen molar-refractivity contribution in [1.29, 1.82) is 0 Å². The molecule has 0 radical (unpaired) electrons. The van der Waals surface area contributed by atoms with Gasteiger partial charge < -0.3 is 4.74 Å². The minimum Gasteiger partial charge on any atom is -0.378 e. The van der Waals surface area contributed by atoms with Crippen LogP contribution in [-0.2, 0) is 11.3 Å². The summed E-state index contributed by atoms with van der Waals surface area (Å²) in [4.78, 5) is 10.7. The first-order chi connectivity index (χ1) is 7.40. The lowest BCUT2D eigenvalue weighted by atomic mass is 10.2. The number of nitrogens with zero attached hydrogens (tertiary/aromatic N) is 3. The van der Waals surface area contributed by atoms with Crippen molar-refractivity contribution >= 4 is 11.6 Å². The molecule has 1 saturated heterocycles. The third-order valence-corrected chi connectivity index (χ3v) is 2.85.